The van der Waals surface area contributed by atoms with Crippen molar-refractivity contribution in [3.63, 3.8) is 0 Å². The second-order valence-electron chi connectivity index (χ2n) is 11.3. The maximum absolute atomic E-state index is 13.0. The van der Waals surface area contributed by atoms with Crippen molar-refractivity contribution in [3.05, 3.63) is 65.5 Å². The second-order valence-corrected chi connectivity index (χ2v) is 11.3. The normalized spacial score (nSPS) is 14.0. The lowest BCUT2D eigenvalue weighted by Crippen LogP contribution is -2.38. The number of anilines is 2. The number of aromatic nitrogens is 3. The second kappa shape index (κ2) is 12.0. The minimum absolute atomic E-state index is 0.0564. The van der Waals surface area contributed by atoms with E-state index in [1.165, 1.54) is 38.5 Å². The van der Waals surface area contributed by atoms with Crippen molar-refractivity contribution in [2.45, 2.75) is 38.8 Å². The molecule has 0 saturated heterocycles. The number of nitrogens with two attached hydrogens (primary N) is 2. The molecule has 5 rings (SSSR count). The Labute approximate surface area is 253 Å². The Morgan fingerprint density at radius 2 is 1.27 bits per heavy atom. The third kappa shape index (κ3) is 6.77. The predicted molar refractivity (Wildman–Crippen MR) is 162 cm³/mol. The minimum atomic E-state index is -0.533. The molecule has 15 nitrogen and oxygen atoms in total. The van der Waals surface area contributed by atoms with E-state index in [4.69, 9.17) is 22.3 Å². The number of rotatable bonds is 10. The van der Waals surface area contributed by atoms with E-state index < -0.39 is 29.6 Å². The first-order valence-corrected chi connectivity index (χ1v) is 14.1. The summed E-state index contributed by atoms with van der Waals surface area (Å²) >= 11 is 0. The van der Waals surface area contributed by atoms with Crippen LogP contribution in [0.1, 0.15) is 67.5 Å². The van der Waals surface area contributed by atoms with Crippen molar-refractivity contribution >= 4 is 46.9 Å². The summed E-state index contributed by atoms with van der Waals surface area (Å²) in [7, 11) is 2.82. The summed E-state index contributed by atoms with van der Waals surface area (Å²) in [5, 5.41) is 20.6. The molecule has 2 fully saturated rings. The van der Waals surface area contributed by atoms with Crippen LogP contribution in [0.3, 0.4) is 0 Å². The molecule has 0 bridgehead atoms. The summed E-state index contributed by atoms with van der Waals surface area (Å²) in [6.07, 6.45) is 8.85. The van der Waals surface area contributed by atoms with Gasteiger partial charge in [-0.2, -0.15) is 0 Å². The molecule has 2 saturated carbocycles. The predicted octanol–water partition coefficient (Wildman–Crippen LogP) is 1.94. The molecule has 3 heterocycles. The van der Waals surface area contributed by atoms with E-state index in [0.29, 0.717) is 47.7 Å². The number of amides is 4. The van der Waals surface area contributed by atoms with Crippen molar-refractivity contribution < 1.29 is 19.2 Å². The smallest absolute Gasteiger partial charge is 0.276 e. The number of nitrogens with one attached hydrogen (secondary N) is 4. The zero-order chi connectivity index (χ0) is 31.7. The fourth-order valence-electron chi connectivity index (χ4n) is 4.60. The Morgan fingerprint density at radius 3 is 1.66 bits per heavy atom. The average Bonchev–Trinajstić information content (AvgIpc) is 3.91. The van der Waals surface area contributed by atoms with Gasteiger partial charge in [-0.05, 0) is 61.8 Å². The maximum atomic E-state index is 13.0. The number of carbonyl (C=O) groups is 4. The van der Waals surface area contributed by atoms with Gasteiger partial charge in [-0.25, -0.2) is 0 Å². The molecule has 8 N–H and O–H groups in total. The topological polar surface area (TPSA) is 221 Å². The van der Waals surface area contributed by atoms with E-state index in [-0.39, 0.29) is 17.2 Å². The Morgan fingerprint density at radius 1 is 0.818 bits per heavy atom. The lowest BCUT2D eigenvalue weighted by Gasteiger charge is -2.16. The lowest BCUT2D eigenvalue weighted by molar-refractivity contribution is 0.0850. The molecule has 0 spiro atoms. The van der Waals surface area contributed by atoms with Crippen LogP contribution in [0.2, 0.25) is 0 Å². The molecule has 3 aromatic rings. The summed E-state index contributed by atoms with van der Waals surface area (Å²) in [6, 6.07) is 5.95. The number of pyridine rings is 1. The van der Waals surface area contributed by atoms with Gasteiger partial charge in [-0.3, -0.25) is 44.8 Å². The Bertz CT molecular complexity index is 1530. The van der Waals surface area contributed by atoms with E-state index in [9.17, 15) is 19.2 Å². The molecule has 2 aliphatic carbocycles. The summed E-state index contributed by atoms with van der Waals surface area (Å²) in [5.74, 6) is -1.81. The largest absolute Gasteiger partial charge is 0.370 e. The van der Waals surface area contributed by atoms with Gasteiger partial charge in [-0.1, -0.05) is 0 Å². The van der Waals surface area contributed by atoms with Crippen LogP contribution in [0.4, 0.5) is 11.4 Å². The van der Waals surface area contributed by atoms with Crippen LogP contribution in [0.5, 0.6) is 0 Å². The molecule has 0 aromatic carbocycles. The summed E-state index contributed by atoms with van der Waals surface area (Å²) in [6.45, 7) is 1.22. The van der Waals surface area contributed by atoms with Crippen LogP contribution in [0.25, 0.3) is 0 Å². The molecule has 4 amide bonds. The first kappa shape index (κ1) is 30.0. The van der Waals surface area contributed by atoms with E-state index in [2.05, 4.69) is 15.6 Å². The monoisotopic (exact) mass is 601 g/mol. The van der Waals surface area contributed by atoms with Gasteiger partial charge in [-0.15, -0.1) is 0 Å². The fraction of sp³-hybridized carbons (Fsp3) is 0.345. The summed E-state index contributed by atoms with van der Waals surface area (Å²) < 4.78 is 3.51. The quantitative estimate of drug-likeness (QED) is 0.150. The van der Waals surface area contributed by atoms with E-state index in [1.54, 1.807) is 27.6 Å². The molecule has 44 heavy (non-hydrogen) atoms. The maximum Gasteiger partial charge on any atom is 0.276 e. The molecule has 230 valence electrons. The molecule has 0 atom stereocenters. The number of carbonyl (C=O) groups excluding carboxylic acids is 4. The van der Waals surface area contributed by atoms with Crippen LogP contribution in [0, 0.1) is 22.7 Å². The first-order valence-electron chi connectivity index (χ1n) is 14.1. The lowest BCUT2D eigenvalue weighted by atomic mass is 10.2. The van der Waals surface area contributed by atoms with Crippen molar-refractivity contribution in [2.24, 2.45) is 23.3 Å². The average molecular weight is 602 g/mol. The number of hydrogen-bond acceptors (Lipinski definition) is 7. The highest BCUT2D eigenvalue weighted by molar-refractivity contribution is 6.08. The van der Waals surface area contributed by atoms with Crippen molar-refractivity contribution in [2.75, 3.05) is 24.7 Å². The fourth-order valence-corrected chi connectivity index (χ4v) is 4.60. The van der Waals surface area contributed by atoms with Gasteiger partial charge < -0.3 is 31.2 Å². The molecule has 2 aliphatic rings. The summed E-state index contributed by atoms with van der Waals surface area (Å²) in [5.41, 5.74) is 12.6. The Balaban J connectivity index is 1.26. The first-order chi connectivity index (χ1) is 20.9. The number of nitrogens with zero attached hydrogens (tertiary/aromatic N) is 5. The molecular formula is C29H35N11O4. The third-order valence-corrected chi connectivity index (χ3v) is 7.64. The molecule has 3 aromatic heterocycles. The highest BCUT2D eigenvalue weighted by atomic mass is 16.2. The molecule has 0 aliphatic heterocycles. The van der Waals surface area contributed by atoms with Crippen LogP contribution in [0.15, 0.2) is 42.9 Å². The van der Waals surface area contributed by atoms with Gasteiger partial charge in [0.1, 0.15) is 17.1 Å². The Kier molecular flexibility index (Phi) is 8.20. The van der Waals surface area contributed by atoms with Gasteiger partial charge in [0.05, 0.1) is 16.9 Å². The van der Waals surface area contributed by atoms with Crippen molar-refractivity contribution in [1.29, 1.82) is 10.8 Å². The standard InChI is InChI=1S/C29H35N11O4/c1-37(28(30)31)26(43)22-9-19(14-39(22)12-16-3-4-16)35-24(41)18-7-8-21(34-11-18)25(42)36-20-10-23(27(44)38(2)29(32)33)40(15-20)13-17-5-6-17/h7-11,14-17H,3-6,12-13H2,1-2H3,(H3,30,31)(H3,32,33)(H,35,41)(H,36,42). The minimum Gasteiger partial charge on any atom is -0.370 e. The SMILES string of the molecule is CN(C(=N)N)C(=O)c1cc(NC(=O)c2ccc(C(=O)Nc3cc(C(=O)N(C)C(=N)N)n(CC4CC4)c3)nc2)cn1CC1CC1. The van der Waals surface area contributed by atoms with E-state index in [0.717, 1.165) is 35.5 Å². The molecule has 0 unspecified atom stereocenters. The number of hydrogen-bond donors (Lipinski definition) is 6. The third-order valence-electron chi connectivity index (χ3n) is 7.64. The van der Waals surface area contributed by atoms with Crippen LogP contribution >= 0.6 is 0 Å². The summed E-state index contributed by atoms with van der Waals surface area (Å²) in [4.78, 5) is 57.9. The zero-order valence-corrected chi connectivity index (χ0v) is 24.5. The Hall–Kier alpha value is -5.47. The highest BCUT2D eigenvalue weighted by Crippen LogP contribution is 2.33. The van der Waals surface area contributed by atoms with E-state index in [1.807, 2.05) is 0 Å². The van der Waals surface area contributed by atoms with Crippen molar-refractivity contribution in [1.82, 2.24) is 23.9 Å². The number of guanidine groups is 2. The van der Waals surface area contributed by atoms with Crippen LogP contribution in [-0.2, 0) is 13.1 Å². The van der Waals surface area contributed by atoms with Crippen LogP contribution < -0.4 is 22.1 Å². The van der Waals surface area contributed by atoms with Gasteiger partial charge in [0, 0.05) is 45.8 Å². The van der Waals surface area contributed by atoms with Gasteiger partial charge in [0.25, 0.3) is 23.6 Å². The van der Waals surface area contributed by atoms with Gasteiger partial charge in [0.15, 0.2) is 11.9 Å². The highest BCUT2D eigenvalue weighted by Gasteiger charge is 2.28. The van der Waals surface area contributed by atoms with Gasteiger partial charge >= 0.3 is 0 Å². The molecule has 0 radical (unpaired) electrons. The van der Waals surface area contributed by atoms with Crippen molar-refractivity contribution in [3.8, 4) is 0 Å². The van der Waals surface area contributed by atoms with E-state index >= 15 is 0 Å². The zero-order valence-electron chi connectivity index (χ0n) is 24.5. The molecule has 15 heteroatoms. The van der Waals surface area contributed by atoms with Gasteiger partial charge in [0.2, 0.25) is 0 Å². The molecular weight excluding hydrogens is 566 g/mol. The van der Waals surface area contributed by atoms with Crippen LogP contribution in [-0.4, -0.2) is 73.6 Å².